The second-order valence-corrected chi connectivity index (χ2v) is 9.23. The highest BCUT2D eigenvalue weighted by Gasteiger charge is 2.24. The van der Waals surface area contributed by atoms with Crippen LogP contribution in [0.4, 0.5) is 0 Å². The molecule has 1 atom stereocenters. The lowest BCUT2D eigenvalue weighted by molar-refractivity contribution is 0.0807. The molecule has 3 aromatic carbocycles. The molecule has 0 heterocycles. The molecule has 0 fully saturated rings. The predicted octanol–water partition coefficient (Wildman–Crippen LogP) is 8.70. The van der Waals surface area contributed by atoms with Gasteiger partial charge in [-0.05, 0) is 86.7 Å². The molecule has 0 aliphatic heterocycles. The van der Waals surface area contributed by atoms with Crippen molar-refractivity contribution in [2.75, 3.05) is 7.11 Å². The van der Waals surface area contributed by atoms with E-state index in [4.69, 9.17) is 14.2 Å². The molecular formula is C32H36O3. The van der Waals surface area contributed by atoms with Crippen molar-refractivity contribution in [2.45, 2.75) is 45.3 Å². The summed E-state index contributed by atoms with van der Waals surface area (Å²) in [4.78, 5) is 0. The highest BCUT2D eigenvalue weighted by Crippen LogP contribution is 2.40. The van der Waals surface area contributed by atoms with Gasteiger partial charge in [0.05, 0.1) is 13.2 Å². The maximum absolute atomic E-state index is 6.61. The van der Waals surface area contributed by atoms with E-state index in [1.54, 1.807) is 7.11 Å². The van der Waals surface area contributed by atoms with Crippen LogP contribution in [0.15, 0.2) is 80.4 Å². The van der Waals surface area contributed by atoms with E-state index in [1.165, 1.54) is 0 Å². The molecule has 0 aliphatic carbocycles. The molecule has 35 heavy (non-hydrogen) atoms. The fraction of sp³-hybridized carbons (Fsp3) is 0.250. The summed E-state index contributed by atoms with van der Waals surface area (Å²) in [5.74, 6) is 2.44. The average Bonchev–Trinajstić information content (AvgIpc) is 2.87. The first-order valence-corrected chi connectivity index (χ1v) is 11.9. The van der Waals surface area contributed by atoms with E-state index < -0.39 is 5.60 Å². The van der Waals surface area contributed by atoms with Crippen LogP contribution in [0.5, 0.6) is 17.2 Å². The van der Waals surface area contributed by atoms with Gasteiger partial charge in [0.1, 0.15) is 22.8 Å². The first-order chi connectivity index (χ1) is 16.8. The molecule has 0 saturated heterocycles. The van der Waals surface area contributed by atoms with Crippen LogP contribution in [0, 0.1) is 0 Å². The maximum atomic E-state index is 6.61. The molecule has 0 amide bonds. The van der Waals surface area contributed by atoms with Crippen LogP contribution in [0.1, 0.15) is 50.3 Å². The van der Waals surface area contributed by atoms with Gasteiger partial charge in [-0.2, -0.15) is 0 Å². The molecule has 3 aromatic rings. The van der Waals surface area contributed by atoms with Crippen LogP contribution in [-0.4, -0.2) is 18.8 Å². The normalized spacial score (nSPS) is 11.9. The summed E-state index contributed by atoms with van der Waals surface area (Å²) in [5, 5.41) is 0. The van der Waals surface area contributed by atoms with E-state index in [1.807, 2.05) is 66.8 Å². The Bertz CT molecular complexity index is 1170. The van der Waals surface area contributed by atoms with Crippen LogP contribution >= 0.6 is 0 Å². The fourth-order valence-corrected chi connectivity index (χ4v) is 3.91. The van der Waals surface area contributed by atoms with Crippen molar-refractivity contribution >= 4 is 18.2 Å². The van der Waals surface area contributed by atoms with Gasteiger partial charge < -0.3 is 14.2 Å². The summed E-state index contributed by atoms with van der Waals surface area (Å²) in [6.45, 7) is 18.0. The topological polar surface area (TPSA) is 27.7 Å². The molecule has 0 saturated carbocycles. The molecule has 3 rings (SSSR count). The van der Waals surface area contributed by atoms with Crippen LogP contribution in [0.25, 0.3) is 29.4 Å². The largest absolute Gasteiger partial charge is 0.496 e. The zero-order chi connectivity index (χ0) is 25.4. The molecule has 0 N–H and O–H groups in total. The van der Waals surface area contributed by atoms with Gasteiger partial charge in [0.25, 0.3) is 0 Å². The van der Waals surface area contributed by atoms with E-state index in [9.17, 15) is 0 Å². The third-order valence-corrected chi connectivity index (χ3v) is 5.98. The minimum atomic E-state index is -0.405. The Balaban J connectivity index is 1.79. The Morgan fingerprint density at radius 1 is 0.771 bits per heavy atom. The van der Waals surface area contributed by atoms with Crippen molar-refractivity contribution in [3.05, 3.63) is 97.1 Å². The van der Waals surface area contributed by atoms with Gasteiger partial charge in [-0.1, -0.05) is 62.2 Å². The lowest BCUT2D eigenvalue weighted by Gasteiger charge is -2.29. The smallest absolute Gasteiger partial charge is 0.128 e. The Morgan fingerprint density at radius 3 is 1.83 bits per heavy atom. The SMILES string of the molecule is C=Cc1ccc(OC(C)CCC(C)(C)Oc2ccc(C=C)cc2-c2cc(C=C)ccc2OC)cc1. The summed E-state index contributed by atoms with van der Waals surface area (Å²) in [7, 11) is 1.68. The summed E-state index contributed by atoms with van der Waals surface area (Å²) in [6.07, 6.45) is 7.22. The van der Waals surface area contributed by atoms with Crippen LogP contribution in [0.3, 0.4) is 0 Å². The molecule has 182 valence electrons. The summed E-state index contributed by atoms with van der Waals surface area (Å²) in [5.41, 5.74) is 4.62. The van der Waals surface area contributed by atoms with E-state index >= 15 is 0 Å². The zero-order valence-corrected chi connectivity index (χ0v) is 21.3. The molecule has 0 aromatic heterocycles. The van der Waals surface area contributed by atoms with Gasteiger partial charge in [0.15, 0.2) is 0 Å². The number of hydrogen-bond donors (Lipinski definition) is 0. The standard InChI is InChI=1S/C32H36O3/c1-8-24-11-15-27(16-12-24)34-23(4)19-20-32(5,6)35-31-18-14-26(10-3)22-29(31)28-21-25(9-2)13-17-30(28)33-7/h8-18,21-23H,1-3,19-20H2,4-7H3. The summed E-state index contributed by atoms with van der Waals surface area (Å²) < 4.78 is 18.4. The van der Waals surface area contributed by atoms with Crippen molar-refractivity contribution in [3.8, 4) is 28.4 Å². The third kappa shape index (κ3) is 6.89. The lowest BCUT2D eigenvalue weighted by Crippen LogP contribution is -2.30. The highest BCUT2D eigenvalue weighted by atomic mass is 16.5. The van der Waals surface area contributed by atoms with Crippen molar-refractivity contribution in [3.63, 3.8) is 0 Å². The van der Waals surface area contributed by atoms with Crippen molar-refractivity contribution < 1.29 is 14.2 Å². The molecular weight excluding hydrogens is 432 g/mol. The number of hydrogen-bond acceptors (Lipinski definition) is 3. The molecule has 0 radical (unpaired) electrons. The molecule has 3 nitrogen and oxygen atoms in total. The van der Waals surface area contributed by atoms with E-state index in [-0.39, 0.29) is 6.10 Å². The second-order valence-electron chi connectivity index (χ2n) is 9.23. The van der Waals surface area contributed by atoms with E-state index in [2.05, 4.69) is 52.6 Å². The number of rotatable bonds is 12. The number of methoxy groups -OCH3 is 1. The van der Waals surface area contributed by atoms with Crippen molar-refractivity contribution in [2.24, 2.45) is 0 Å². The fourth-order valence-electron chi connectivity index (χ4n) is 3.91. The Labute approximate surface area is 210 Å². The van der Waals surface area contributed by atoms with Gasteiger partial charge in [-0.3, -0.25) is 0 Å². The quantitative estimate of drug-likeness (QED) is 0.266. The Morgan fingerprint density at radius 2 is 1.29 bits per heavy atom. The first kappa shape index (κ1) is 25.9. The molecule has 1 unspecified atom stereocenters. The number of ether oxygens (including phenoxy) is 3. The van der Waals surface area contributed by atoms with Crippen LogP contribution in [0.2, 0.25) is 0 Å². The van der Waals surface area contributed by atoms with Crippen molar-refractivity contribution in [1.29, 1.82) is 0 Å². The van der Waals surface area contributed by atoms with E-state index in [0.29, 0.717) is 0 Å². The monoisotopic (exact) mass is 468 g/mol. The minimum Gasteiger partial charge on any atom is -0.496 e. The van der Waals surface area contributed by atoms with Gasteiger partial charge >= 0.3 is 0 Å². The van der Waals surface area contributed by atoms with Crippen LogP contribution in [-0.2, 0) is 0 Å². The van der Waals surface area contributed by atoms with Crippen LogP contribution < -0.4 is 14.2 Å². The third-order valence-electron chi connectivity index (χ3n) is 5.98. The average molecular weight is 469 g/mol. The molecule has 0 aliphatic rings. The lowest BCUT2D eigenvalue weighted by atomic mass is 9.97. The van der Waals surface area contributed by atoms with Gasteiger partial charge in [-0.25, -0.2) is 0 Å². The Hall–Kier alpha value is -3.72. The molecule has 0 spiro atoms. The van der Waals surface area contributed by atoms with Gasteiger partial charge in [-0.15, -0.1) is 0 Å². The van der Waals surface area contributed by atoms with E-state index in [0.717, 1.165) is 57.9 Å². The molecule has 3 heteroatoms. The van der Waals surface area contributed by atoms with Gasteiger partial charge in [0.2, 0.25) is 0 Å². The number of benzene rings is 3. The predicted molar refractivity (Wildman–Crippen MR) is 149 cm³/mol. The minimum absolute atomic E-state index is 0.0550. The second kappa shape index (κ2) is 11.6. The zero-order valence-electron chi connectivity index (χ0n) is 21.3. The first-order valence-electron chi connectivity index (χ1n) is 11.9. The Kier molecular flexibility index (Phi) is 8.59. The summed E-state index contributed by atoms with van der Waals surface area (Å²) >= 11 is 0. The van der Waals surface area contributed by atoms with Gasteiger partial charge in [0, 0.05) is 11.1 Å². The highest BCUT2D eigenvalue weighted by molar-refractivity contribution is 5.79. The summed E-state index contributed by atoms with van der Waals surface area (Å²) in [6, 6.07) is 20.1. The van der Waals surface area contributed by atoms with Crippen molar-refractivity contribution in [1.82, 2.24) is 0 Å². The maximum Gasteiger partial charge on any atom is 0.128 e. The molecule has 0 bridgehead atoms.